The van der Waals surface area contributed by atoms with Gasteiger partial charge in [0.1, 0.15) is 5.75 Å². The zero-order chi connectivity index (χ0) is 21.8. The molecule has 0 unspecified atom stereocenters. The molecular formula is C24H26O6. The Morgan fingerprint density at radius 3 is 2.13 bits per heavy atom. The fourth-order valence-corrected chi connectivity index (χ4v) is 3.82. The van der Waals surface area contributed by atoms with Crippen molar-refractivity contribution in [1.29, 1.82) is 0 Å². The third-order valence-corrected chi connectivity index (χ3v) is 5.29. The van der Waals surface area contributed by atoms with Crippen molar-refractivity contribution in [3.63, 3.8) is 0 Å². The second kappa shape index (κ2) is 8.95. The fraction of sp³-hybridized carbons (Fsp3) is 0.292. The van der Waals surface area contributed by atoms with Crippen molar-refractivity contribution in [1.82, 2.24) is 0 Å². The zero-order valence-corrected chi connectivity index (χ0v) is 17.9. The molecule has 1 aliphatic carbocycles. The summed E-state index contributed by atoms with van der Waals surface area (Å²) < 4.78 is 21.6. The van der Waals surface area contributed by atoms with Crippen molar-refractivity contribution in [2.45, 2.75) is 19.8 Å². The van der Waals surface area contributed by atoms with E-state index >= 15 is 0 Å². The molecular weight excluding hydrogens is 384 g/mol. The molecule has 0 spiro atoms. The highest BCUT2D eigenvalue weighted by molar-refractivity contribution is 6.03. The van der Waals surface area contributed by atoms with E-state index < -0.39 is 5.97 Å². The van der Waals surface area contributed by atoms with Crippen molar-refractivity contribution in [2.24, 2.45) is 0 Å². The smallest absolute Gasteiger partial charge is 0.307 e. The maximum absolute atomic E-state index is 11.4. The van der Waals surface area contributed by atoms with Gasteiger partial charge in [0, 0.05) is 0 Å². The molecule has 0 fully saturated rings. The highest BCUT2D eigenvalue weighted by Gasteiger charge is 2.25. The Bertz CT molecular complexity index is 1010. The summed E-state index contributed by atoms with van der Waals surface area (Å²) in [5, 5.41) is 9.38. The predicted molar refractivity (Wildman–Crippen MR) is 116 cm³/mol. The molecule has 2 aromatic rings. The van der Waals surface area contributed by atoms with Crippen LogP contribution in [0.2, 0.25) is 0 Å². The Labute approximate surface area is 176 Å². The first-order valence-corrected chi connectivity index (χ1v) is 9.53. The highest BCUT2D eigenvalue weighted by atomic mass is 16.5. The van der Waals surface area contributed by atoms with Gasteiger partial charge in [-0.3, -0.25) is 4.79 Å². The maximum Gasteiger partial charge on any atom is 0.307 e. The van der Waals surface area contributed by atoms with Crippen LogP contribution in [-0.2, 0) is 11.2 Å². The number of allylic oxidation sites excluding steroid dienone is 3. The van der Waals surface area contributed by atoms with Gasteiger partial charge in [-0.25, -0.2) is 0 Å². The van der Waals surface area contributed by atoms with Crippen LogP contribution in [0.5, 0.6) is 23.0 Å². The van der Waals surface area contributed by atoms with Crippen LogP contribution in [0.25, 0.3) is 11.1 Å². The molecule has 0 heterocycles. The topological polar surface area (TPSA) is 74.2 Å². The van der Waals surface area contributed by atoms with Crippen molar-refractivity contribution >= 4 is 17.1 Å². The number of aliphatic carboxylic acids is 1. The van der Waals surface area contributed by atoms with Crippen molar-refractivity contribution in [3.8, 4) is 23.0 Å². The van der Waals surface area contributed by atoms with Gasteiger partial charge in [-0.05, 0) is 71.0 Å². The van der Waals surface area contributed by atoms with Crippen LogP contribution < -0.4 is 18.9 Å². The Kier molecular flexibility index (Phi) is 6.35. The quantitative estimate of drug-likeness (QED) is 0.685. The molecule has 0 aromatic heterocycles. The summed E-state index contributed by atoms with van der Waals surface area (Å²) in [7, 11) is 6.35. The standard InChI is InChI=1S/C24H26O6/c1-14-17(8-6-15-10-21(28-3)24(30-5)22(11-15)29-4)18-9-7-16(27-2)12-20(18)19(14)13-23(25)26/h7-12H,6,13H2,1-5H3,(H,25,26)/b17-8-. The first kappa shape index (κ1) is 21.3. The summed E-state index contributed by atoms with van der Waals surface area (Å²) in [5.74, 6) is 1.59. The van der Waals surface area contributed by atoms with Crippen molar-refractivity contribution < 1.29 is 28.8 Å². The second-order valence-electron chi connectivity index (χ2n) is 6.94. The molecule has 1 N–H and O–H groups in total. The molecule has 1 aliphatic rings. The van der Waals surface area contributed by atoms with Gasteiger partial charge in [-0.15, -0.1) is 0 Å². The van der Waals surface area contributed by atoms with Gasteiger partial charge >= 0.3 is 5.97 Å². The summed E-state index contributed by atoms with van der Waals surface area (Å²) in [6, 6.07) is 9.60. The van der Waals surface area contributed by atoms with Gasteiger partial charge < -0.3 is 24.1 Å². The van der Waals surface area contributed by atoms with Crippen LogP contribution in [-0.4, -0.2) is 39.5 Å². The highest BCUT2D eigenvalue weighted by Crippen LogP contribution is 2.44. The van der Waals surface area contributed by atoms with E-state index in [4.69, 9.17) is 18.9 Å². The number of carboxylic acids is 1. The molecule has 3 rings (SSSR count). The van der Waals surface area contributed by atoms with Gasteiger partial charge in [0.2, 0.25) is 5.75 Å². The molecule has 2 aromatic carbocycles. The van der Waals surface area contributed by atoms with Crippen molar-refractivity contribution in [2.75, 3.05) is 28.4 Å². The molecule has 0 saturated carbocycles. The minimum absolute atomic E-state index is 0.0342. The molecule has 0 radical (unpaired) electrons. The maximum atomic E-state index is 11.4. The summed E-state index contributed by atoms with van der Waals surface area (Å²) in [4.78, 5) is 11.4. The van der Waals surface area contributed by atoms with Gasteiger partial charge in [-0.2, -0.15) is 0 Å². The number of carbonyl (C=O) groups is 1. The van der Waals surface area contributed by atoms with Crippen molar-refractivity contribution in [3.05, 3.63) is 58.7 Å². The van der Waals surface area contributed by atoms with E-state index in [1.54, 1.807) is 28.4 Å². The van der Waals surface area contributed by atoms with E-state index in [-0.39, 0.29) is 6.42 Å². The SMILES string of the molecule is COc1ccc2c(c1)C(CC(=O)O)=C(C)/C2=C/Cc1cc(OC)c(OC)c(OC)c1. The van der Waals surface area contributed by atoms with Gasteiger partial charge in [0.05, 0.1) is 34.9 Å². The van der Waals surface area contributed by atoms with Crippen LogP contribution in [0.1, 0.15) is 30.0 Å². The number of hydrogen-bond donors (Lipinski definition) is 1. The van der Waals surface area contributed by atoms with Gasteiger partial charge in [0.15, 0.2) is 11.5 Å². The van der Waals surface area contributed by atoms with E-state index in [0.717, 1.165) is 33.4 Å². The second-order valence-corrected chi connectivity index (χ2v) is 6.94. The third kappa shape index (κ3) is 3.99. The van der Waals surface area contributed by atoms with Crippen LogP contribution in [0.3, 0.4) is 0 Å². The lowest BCUT2D eigenvalue weighted by atomic mass is 10.00. The van der Waals surface area contributed by atoms with E-state index in [1.807, 2.05) is 37.3 Å². The Morgan fingerprint density at radius 1 is 0.933 bits per heavy atom. The molecule has 6 nitrogen and oxygen atoms in total. The first-order chi connectivity index (χ1) is 14.4. The van der Waals surface area contributed by atoms with Gasteiger partial charge in [0.25, 0.3) is 0 Å². The normalized spacial score (nSPS) is 14.0. The first-order valence-electron chi connectivity index (χ1n) is 9.53. The zero-order valence-electron chi connectivity index (χ0n) is 17.9. The Hall–Kier alpha value is -3.41. The number of fused-ring (bicyclic) bond motifs is 1. The molecule has 6 heteroatoms. The molecule has 158 valence electrons. The monoisotopic (exact) mass is 410 g/mol. The minimum Gasteiger partial charge on any atom is -0.497 e. The molecule has 0 bridgehead atoms. The molecule has 0 amide bonds. The predicted octanol–water partition coefficient (Wildman–Crippen LogP) is 4.61. The van der Waals surface area contributed by atoms with Crippen LogP contribution in [0, 0.1) is 0 Å². The fourth-order valence-electron chi connectivity index (χ4n) is 3.82. The molecule has 30 heavy (non-hydrogen) atoms. The average Bonchev–Trinajstić information content (AvgIpc) is 3.01. The van der Waals surface area contributed by atoms with Gasteiger partial charge in [-0.1, -0.05) is 12.1 Å². The minimum atomic E-state index is -0.857. The number of methoxy groups -OCH3 is 4. The lowest BCUT2D eigenvalue weighted by Crippen LogP contribution is -1.97. The van der Waals surface area contributed by atoms with Crippen LogP contribution in [0.4, 0.5) is 0 Å². The summed E-state index contributed by atoms with van der Waals surface area (Å²) in [6.07, 6.45) is 2.69. The summed E-state index contributed by atoms with van der Waals surface area (Å²) in [5.41, 5.74) is 5.72. The average molecular weight is 410 g/mol. The number of benzene rings is 2. The van der Waals surface area contributed by atoms with Crippen LogP contribution >= 0.6 is 0 Å². The lowest BCUT2D eigenvalue weighted by Gasteiger charge is -2.14. The molecule has 0 aliphatic heterocycles. The Balaban J connectivity index is 2.03. The molecule has 0 saturated heterocycles. The summed E-state index contributed by atoms with van der Waals surface area (Å²) >= 11 is 0. The number of ether oxygens (including phenoxy) is 4. The number of rotatable bonds is 8. The van der Waals surface area contributed by atoms with E-state index in [0.29, 0.717) is 29.4 Å². The van der Waals surface area contributed by atoms with E-state index in [9.17, 15) is 9.90 Å². The third-order valence-electron chi connectivity index (χ3n) is 5.29. The Morgan fingerprint density at radius 2 is 1.60 bits per heavy atom. The summed E-state index contributed by atoms with van der Waals surface area (Å²) in [6.45, 7) is 1.96. The largest absolute Gasteiger partial charge is 0.497 e. The van der Waals surface area contributed by atoms with E-state index in [1.165, 1.54) is 0 Å². The number of carboxylic acid groups (broad SMARTS) is 1. The molecule has 0 atom stereocenters. The van der Waals surface area contributed by atoms with E-state index in [2.05, 4.69) is 6.08 Å². The number of hydrogen-bond acceptors (Lipinski definition) is 5. The van der Waals surface area contributed by atoms with Crippen LogP contribution in [0.15, 0.2) is 42.0 Å². The lowest BCUT2D eigenvalue weighted by molar-refractivity contribution is -0.135.